The number of nitrogens with zero attached hydrogens (tertiary/aromatic N) is 2. The average Bonchev–Trinajstić information content (AvgIpc) is 2.39. The van der Waals surface area contributed by atoms with Gasteiger partial charge in [0.2, 0.25) is 0 Å². The van der Waals surface area contributed by atoms with Crippen LogP contribution in [0.2, 0.25) is 0 Å². The molecule has 0 amide bonds. The smallest absolute Gasteiger partial charge is 0.0738 e. The molecule has 4 nitrogen and oxygen atoms in total. The molecular formula is C10H16BrN3OS. The quantitative estimate of drug-likeness (QED) is 0.901. The molecule has 2 rings (SSSR count). The highest BCUT2D eigenvalue weighted by atomic mass is 79.9. The van der Waals surface area contributed by atoms with E-state index in [4.69, 9.17) is 0 Å². The maximum Gasteiger partial charge on any atom is 0.0738 e. The molecule has 0 bridgehead atoms. The predicted molar refractivity (Wildman–Crippen MR) is 68.7 cm³/mol. The number of halogens is 1. The molecule has 1 N–H and O–H groups in total. The molecule has 1 aromatic heterocycles. The second kappa shape index (κ2) is 4.98. The number of hydrogen-bond donors (Lipinski definition) is 1. The van der Waals surface area contributed by atoms with Gasteiger partial charge in [0.05, 0.1) is 21.6 Å². The van der Waals surface area contributed by atoms with Crippen LogP contribution in [0.15, 0.2) is 4.47 Å². The molecular weight excluding hydrogens is 290 g/mol. The lowest BCUT2D eigenvalue weighted by Crippen LogP contribution is -2.44. The maximum absolute atomic E-state index is 12.0. The van der Waals surface area contributed by atoms with E-state index in [1.807, 2.05) is 18.7 Å². The second-order valence-corrected chi connectivity index (χ2v) is 6.54. The van der Waals surface area contributed by atoms with Crippen LogP contribution in [-0.4, -0.2) is 32.8 Å². The topological polar surface area (TPSA) is 46.9 Å². The summed E-state index contributed by atoms with van der Waals surface area (Å²) >= 11 is 3.50. The van der Waals surface area contributed by atoms with Gasteiger partial charge in [-0.25, -0.2) is 0 Å². The summed E-state index contributed by atoms with van der Waals surface area (Å²) in [5.74, 6) is 1.98. The molecule has 1 unspecified atom stereocenters. The van der Waals surface area contributed by atoms with E-state index in [0.29, 0.717) is 11.7 Å². The van der Waals surface area contributed by atoms with Crippen molar-refractivity contribution in [2.24, 2.45) is 13.0 Å². The fourth-order valence-corrected chi connectivity index (χ4v) is 3.95. The van der Waals surface area contributed by atoms with Crippen molar-refractivity contribution < 1.29 is 4.21 Å². The third-order valence-electron chi connectivity index (χ3n) is 2.85. The molecule has 0 aromatic carbocycles. The standard InChI is InChI=1S/C10H16BrN3OS/c1-7-10(11)9(14(2)13-7)6-16(15)5-8-3-12-4-8/h8,12H,3-6H2,1-2H3. The summed E-state index contributed by atoms with van der Waals surface area (Å²) in [5.41, 5.74) is 1.99. The van der Waals surface area contributed by atoms with Gasteiger partial charge in [0, 0.05) is 36.7 Å². The molecule has 1 aliphatic rings. The fourth-order valence-electron chi connectivity index (χ4n) is 1.78. The van der Waals surface area contributed by atoms with E-state index < -0.39 is 10.8 Å². The summed E-state index contributed by atoms with van der Waals surface area (Å²) in [7, 11) is 1.11. The van der Waals surface area contributed by atoms with E-state index in [-0.39, 0.29) is 0 Å². The maximum atomic E-state index is 12.0. The first-order valence-electron chi connectivity index (χ1n) is 5.31. The number of rotatable bonds is 4. The Morgan fingerprint density at radius 1 is 1.62 bits per heavy atom. The van der Waals surface area contributed by atoms with E-state index in [1.165, 1.54) is 0 Å². The number of hydrogen-bond acceptors (Lipinski definition) is 3. The molecule has 6 heteroatoms. The molecule has 1 atom stereocenters. The lowest BCUT2D eigenvalue weighted by Gasteiger charge is -2.26. The van der Waals surface area contributed by atoms with Crippen molar-refractivity contribution in [3.63, 3.8) is 0 Å². The van der Waals surface area contributed by atoms with E-state index in [1.54, 1.807) is 0 Å². The van der Waals surface area contributed by atoms with Crippen molar-refractivity contribution in [2.75, 3.05) is 18.8 Å². The second-order valence-electron chi connectivity index (χ2n) is 4.24. The molecule has 0 spiro atoms. The van der Waals surface area contributed by atoms with Crippen LogP contribution in [0.5, 0.6) is 0 Å². The van der Waals surface area contributed by atoms with Crippen LogP contribution in [0.4, 0.5) is 0 Å². The molecule has 16 heavy (non-hydrogen) atoms. The third kappa shape index (κ3) is 2.55. The minimum atomic E-state index is -0.788. The lowest BCUT2D eigenvalue weighted by atomic mass is 10.1. The first-order chi connectivity index (χ1) is 7.58. The van der Waals surface area contributed by atoms with E-state index in [2.05, 4.69) is 26.3 Å². The molecule has 1 aromatic rings. The summed E-state index contributed by atoms with van der Waals surface area (Å²) < 4.78 is 14.8. The number of nitrogens with one attached hydrogen (secondary N) is 1. The zero-order chi connectivity index (χ0) is 11.7. The number of aromatic nitrogens is 2. The summed E-state index contributed by atoms with van der Waals surface area (Å²) in [6.45, 7) is 3.97. The van der Waals surface area contributed by atoms with Gasteiger partial charge < -0.3 is 5.32 Å². The van der Waals surface area contributed by atoms with Crippen LogP contribution in [0, 0.1) is 12.8 Å². The molecule has 0 saturated carbocycles. The van der Waals surface area contributed by atoms with Crippen molar-refractivity contribution in [3.8, 4) is 0 Å². The Hall–Kier alpha value is -0.200. The Labute approximate surface area is 106 Å². The van der Waals surface area contributed by atoms with E-state index in [0.717, 1.165) is 34.7 Å². The largest absolute Gasteiger partial charge is 0.316 e. The van der Waals surface area contributed by atoms with Crippen LogP contribution < -0.4 is 5.32 Å². The average molecular weight is 306 g/mol. The van der Waals surface area contributed by atoms with Crippen LogP contribution >= 0.6 is 15.9 Å². The van der Waals surface area contributed by atoms with Gasteiger partial charge in [-0.15, -0.1) is 0 Å². The number of aryl methyl sites for hydroxylation is 2. The van der Waals surface area contributed by atoms with Crippen molar-refractivity contribution in [3.05, 3.63) is 15.9 Å². The minimum absolute atomic E-state index is 0.592. The Kier molecular flexibility index (Phi) is 3.81. The molecule has 0 radical (unpaired) electrons. The van der Waals surface area contributed by atoms with E-state index in [9.17, 15) is 4.21 Å². The zero-order valence-corrected chi connectivity index (χ0v) is 11.9. The first kappa shape index (κ1) is 12.3. The normalized spacial score (nSPS) is 18.4. The molecule has 1 aliphatic heterocycles. The lowest BCUT2D eigenvalue weighted by molar-refractivity contribution is 0.382. The van der Waals surface area contributed by atoms with Crippen molar-refractivity contribution >= 4 is 26.7 Å². The van der Waals surface area contributed by atoms with Gasteiger partial charge in [-0.1, -0.05) is 0 Å². The van der Waals surface area contributed by atoms with Gasteiger partial charge in [0.25, 0.3) is 0 Å². The third-order valence-corrected chi connectivity index (χ3v) is 5.32. The molecule has 0 aliphatic carbocycles. The summed E-state index contributed by atoms with van der Waals surface area (Å²) in [6, 6.07) is 0. The van der Waals surface area contributed by atoms with Gasteiger partial charge in [0.1, 0.15) is 0 Å². The van der Waals surface area contributed by atoms with Gasteiger partial charge in [-0.3, -0.25) is 8.89 Å². The van der Waals surface area contributed by atoms with Gasteiger partial charge >= 0.3 is 0 Å². The summed E-state index contributed by atoms with van der Waals surface area (Å²) in [6.07, 6.45) is 0. The van der Waals surface area contributed by atoms with Crippen molar-refractivity contribution in [1.29, 1.82) is 0 Å². The van der Waals surface area contributed by atoms with Gasteiger partial charge in [-0.2, -0.15) is 5.10 Å². The van der Waals surface area contributed by atoms with Crippen LogP contribution in [0.3, 0.4) is 0 Å². The highest BCUT2D eigenvalue weighted by Crippen LogP contribution is 2.22. The molecule has 90 valence electrons. The highest BCUT2D eigenvalue weighted by molar-refractivity contribution is 9.10. The molecule has 1 saturated heterocycles. The van der Waals surface area contributed by atoms with Crippen LogP contribution in [0.1, 0.15) is 11.4 Å². The van der Waals surface area contributed by atoms with Gasteiger partial charge in [-0.05, 0) is 28.8 Å². The zero-order valence-electron chi connectivity index (χ0n) is 9.49. The fraction of sp³-hybridized carbons (Fsp3) is 0.700. The van der Waals surface area contributed by atoms with Gasteiger partial charge in [0.15, 0.2) is 0 Å². The Morgan fingerprint density at radius 2 is 2.31 bits per heavy atom. The van der Waals surface area contributed by atoms with Crippen molar-refractivity contribution in [1.82, 2.24) is 15.1 Å². The molecule has 1 fully saturated rings. The Bertz CT molecular complexity index is 414. The first-order valence-corrected chi connectivity index (χ1v) is 7.59. The van der Waals surface area contributed by atoms with Crippen LogP contribution in [-0.2, 0) is 23.6 Å². The van der Waals surface area contributed by atoms with E-state index >= 15 is 0 Å². The summed E-state index contributed by atoms with van der Waals surface area (Å²) in [5, 5.41) is 7.50. The predicted octanol–water partition coefficient (Wildman–Crippen LogP) is 0.959. The Morgan fingerprint density at radius 3 is 2.75 bits per heavy atom. The van der Waals surface area contributed by atoms with Crippen molar-refractivity contribution in [2.45, 2.75) is 12.7 Å². The minimum Gasteiger partial charge on any atom is -0.316 e. The Balaban J connectivity index is 1.99. The van der Waals surface area contributed by atoms with Crippen LogP contribution in [0.25, 0.3) is 0 Å². The SMILES string of the molecule is Cc1nn(C)c(CS(=O)CC2CNC2)c1Br. The monoisotopic (exact) mass is 305 g/mol. The summed E-state index contributed by atoms with van der Waals surface area (Å²) in [4.78, 5) is 0. The highest BCUT2D eigenvalue weighted by Gasteiger charge is 2.21. The molecule has 2 heterocycles.